The number of hydrogen-bond acceptors (Lipinski definition) is 4. The highest BCUT2D eigenvalue weighted by Gasteiger charge is 2.12. The number of hydrogen-bond donors (Lipinski definition) is 3. The van der Waals surface area contributed by atoms with Crippen LogP contribution in [-0.2, 0) is 13.0 Å². The summed E-state index contributed by atoms with van der Waals surface area (Å²) in [6.07, 6.45) is 0.996. The van der Waals surface area contributed by atoms with Gasteiger partial charge in [0.1, 0.15) is 0 Å². The van der Waals surface area contributed by atoms with Crippen molar-refractivity contribution in [1.29, 1.82) is 0 Å². The molecule has 23 heavy (non-hydrogen) atoms. The summed E-state index contributed by atoms with van der Waals surface area (Å²) in [7, 11) is 0. The highest BCUT2D eigenvalue weighted by molar-refractivity contribution is 5.45. The molecule has 0 bridgehead atoms. The zero-order valence-electron chi connectivity index (χ0n) is 13.7. The second kappa shape index (κ2) is 8.56. The lowest BCUT2D eigenvalue weighted by atomic mass is 10.0. The van der Waals surface area contributed by atoms with Gasteiger partial charge >= 0.3 is 0 Å². The Balaban J connectivity index is 2.06. The minimum atomic E-state index is -0.170. The Kier molecular flexibility index (Phi) is 6.44. The monoisotopic (exact) mass is 315 g/mol. The van der Waals surface area contributed by atoms with Crippen molar-refractivity contribution in [2.24, 2.45) is 0 Å². The quantitative estimate of drug-likeness (QED) is 0.700. The second-order valence-electron chi connectivity index (χ2n) is 5.41. The van der Waals surface area contributed by atoms with E-state index in [9.17, 15) is 10.2 Å². The van der Waals surface area contributed by atoms with Crippen LogP contribution in [0.3, 0.4) is 0 Å². The van der Waals surface area contributed by atoms with Crippen LogP contribution in [0.15, 0.2) is 42.5 Å². The fourth-order valence-corrected chi connectivity index (χ4v) is 2.49. The third kappa shape index (κ3) is 4.47. The van der Waals surface area contributed by atoms with E-state index in [4.69, 9.17) is 4.74 Å². The first kappa shape index (κ1) is 17.3. The van der Waals surface area contributed by atoms with Crippen LogP contribution in [0.4, 0.5) is 0 Å². The van der Waals surface area contributed by atoms with Crippen molar-refractivity contribution in [2.75, 3.05) is 13.2 Å². The number of benzene rings is 2. The first-order valence-corrected chi connectivity index (χ1v) is 8.06. The Hall–Kier alpha value is -2.04. The van der Waals surface area contributed by atoms with Crippen LogP contribution in [0.25, 0.3) is 0 Å². The Morgan fingerprint density at radius 3 is 2.43 bits per heavy atom. The van der Waals surface area contributed by atoms with Crippen molar-refractivity contribution in [3.63, 3.8) is 0 Å². The molecule has 1 unspecified atom stereocenters. The molecule has 0 aliphatic carbocycles. The van der Waals surface area contributed by atoms with Gasteiger partial charge in [0.2, 0.25) is 0 Å². The topological polar surface area (TPSA) is 61.7 Å². The molecule has 2 rings (SSSR count). The molecule has 0 radical (unpaired) electrons. The van der Waals surface area contributed by atoms with Crippen molar-refractivity contribution >= 4 is 0 Å². The van der Waals surface area contributed by atoms with Crippen LogP contribution in [0.2, 0.25) is 0 Å². The van der Waals surface area contributed by atoms with Gasteiger partial charge in [-0.2, -0.15) is 0 Å². The lowest BCUT2D eigenvalue weighted by Gasteiger charge is -2.18. The number of para-hydroxylation sites is 1. The molecule has 0 spiro atoms. The average molecular weight is 315 g/mol. The maximum absolute atomic E-state index is 10.2. The van der Waals surface area contributed by atoms with E-state index in [1.807, 2.05) is 31.2 Å². The molecule has 2 aromatic carbocycles. The fraction of sp³-hybridized carbons (Fsp3) is 0.368. The molecular weight excluding hydrogens is 290 g/mol. The average Bonchev–Trinajstić information content (AvgIpc) is 2.59. The molecule has 0 saturated carbocycles. The van der Waals surface area contributed by atoms with E-state index >= 15 is 0 Å². The molecule has 0 aromatic heterocycles. The third-order valence-electron chi connectivity index (χ3n) is 3.89. The SMILES string of the molecule is CCOc1cccc(CNC(CO)c2ccc(CC)cc2)c1O. The van der Waals surface area contributed by atoms with Crippen LogP contribution in [0.5, 0.6) is 11.5 Å². The van der Waals surface area contributed by atoms with Gasteiger partial charge in [-0.05, 0) is 30.5 Å². The summed E-state index contributed by atoms with van der Waals surface area (Å²) < 4.78 is 5.39. The maximum atomic E-state index is 10.2. The number of ether oxygens (including phenoxy) is 1. The van der Waals surface area contributed by atoms with Gasteiger partial charge in [0, 0.05) is 12.1 Å². The van der Waals surface area contributed by atoms with Gasteiger partial charge in [-0.3, -0.25) is 0 Å². The molecule has 4 heteroatoms. The van der Waals surface area contributed by atoms with Gasteiger partial charge in [-0.1, -0.05) is 43.3 Å². The van der Waals surface area contributed by atoms with Gasteiger partial charge in [0.15, 0.2) is 11.5 Å². The molecule has 3 N–H and O–H groups in total. The van der Waals surface area contributed by atoms with E-state index < -0.39 is 0 Å². The summed E-state index contributed by atoms with van der Waals surface area (Å²) in [4.78, 5) is 0. The van der Waals surface area contributed by atoms with E-state index in [0.717, 1.165) is 17.5 Å². The fourth-order valence-electron chi connectivity index (χ4n) is 2.49. The maximum Gasteiger partial charge on any atom is 0.162 e. The van der Waals surface area contributed by atoms with Gasteiger partial charge in [0.25, 0.3) is 0 Å². The summed E-state index contributed by atoms with van der Waals surface area (Å²) in [5, 5.41) is 23.1. The predicted octanol–water partition coefficient (Wildman–Crippen LogP) is 3.18. The molecular formula is C19H25NO3. The van der Waals surface area contributed by atoms with E-state index in [-0.39, 0.29) is 18.4 Å². The third-order valence-corrected chi connectivity index (χ3v) is 3.89. The van der Waals surface area contributed by atoms with Crippen LogP contribution in [-0.4, -0.2) is 23.4 Å². The number of rotatable bonds is 8. The van der Waals surface area contributed by atoms with Crippen LogP contribution in [0.1, 0.15) is 36.6 Å². The molecule has 0 fully saturated rings. The van der Waals surface area contributed by atoms with Gasteiger partial charge in [0.05, 0.1) is 19.3 Å². The lowest BCUT2D eigenvalue weighted by Crippen LogP contribution is -2.24. The number of phenols is 1. The van der Waals surface area contributed by atoms with E-state index in [0.29, 0.717) is 18.9 Å². The van der Waals surface area contributed by atoms with Crippen molar-refractivity contribution in [3.8, 4) is 11.5 Å². The molecule has 124 valence electrons. The van der Waals surface area contributed by atoms with E-state index in [1.165, 1.54) is 5.56 Å². The van der Waals surface area contributed by atoms with Crippen LogP contribution >= 0.6 is 0 Å². The number of aromatic hydroxyl groups is 1. The Labute approximate surface area is 137 Å². The Morgan fingerprint density at radius 1 is 1.09 bits per heavy atom. The standard InChI is InChI=1S/C19H25NO3/c1-3-14-8-10-15(11-9-14)17(13-21)20-12-16-6-5-7-18(19(16)22)23-4-2/h5-11,17,20-22H,3-4,12-13H2,1-2H3. The minimum Gasteiger partial charge on any atom is -0.504 e. The van der Waals surface area contributed by atoms with Crippen molar-refractivity contribution < 1.29 is 14.9 Å². The zero-order chi connectivity index (χ0) is 16.7. The van der Waals surface area contributed by atoms with Crippen molar-refractivity contribution in [2.45, 2.75) is 32.9 Å². The number of nitrogens with one attached hydrogen (secondary N) is 1. The molecule has 1 atom stereocenters. The normalized spacial score (nSPS) is 12.1. The summed E-state index contributed by atoms with van der Waals surface area (Å²) >= 11 is 0. The molecule has 0 aliphatic heterocycles. The highest BCUT2D eigenvalue weighted by atomic mass is 16.5. The Bertz CT molecular complexity index is 611. The highest BCUT2D eigenvalue weighted by Crippen LogP contribution is 2.30. The van der Waals surface area contributed by atoms with Crippen LogP contribution in [0, 0.1) is 0 Å². The van der Waals surface area contributed by atoms with E-state index in [2.05, 4.69) is 24.4 Å². The summed E-state index contributed by atoms with van der Waals surface area (Å²) in [5.41, 5.74) is 3.05. The van der Waals surface area contributed by atoms with Gasteiger partial charge < -0.3 is 20.3 Å². The van der Waals surface area contributed by atoms with E-state index in [1.54, 1.807) is 6.07 Å². The number of phenolic OH excluding ortho intramolecular Hbond substituents is 1. The van der Waals surface area contributed by atoms with Crippen LogP contribution < -0.4 is 10.1 Å². The predicted molar refractivity (Wildman–Crippen MR) is 91.8 cm³/mol. The minimum absolute atomic E-state index is 0.00259. The Morgan fingerprint density at radius 2 is 1.83 bits per heavy atom. The van der Waals surface area contributed by atoms with Gasteiger partial charge in [-0.25, -0.2) is 0 Å². The zero-order valence-corrected chi connectivity index (χ0v) is 13.7. The second-order valence-corrected chi connectivity index (χ2v) is 5.41. The lowest BCUT2D eigenvalue weighted by molar-refractivity contribution is 0.243. The summed E-state index contributed by atoms with van der Waals surface area (Å²) in [6.45, 7) is 4.95. The number of aliphatic hydroxyl groups is 1. The first-order valence-electron chi connectivity index (χ1n) is 8.06. The number of aryl methyl sites for hydroxylation is 1. The van der Waals surface area contributed by atoms with Gasteiger partial charge in [-0.15, -0.1) is 0 Å². The molecule has 0 heterocycles. The largest absolute Gasteiger partial charge is 0.504 e. The summed E-state index contributed by atoms with van der Waals surface area (Å²) in [6, 6.07) is 13.5. The molecule has 2 aromatic rings. The first-order chi connectivity index (χ1) is 11.2. The van der Waals surface area contributed by atoms with Crippen molar-refractivity contribution in [1.82, 2.24) is 5.32 Å². The molecule has 0 amide bonds. The number of aliphatic hydroxyl groups excluding tert-OH is 1. The van der Waals surface area contributed by atoms with Crippen molar-refractivity contribution in [3.05, 3.63) is 59.2 Å². The molecule has 4 nitrogen and oxygen atoms in total. The smallest absolute Gasteiger partial charge is 0.162 e. The molecule has 0 aliphatic rings. The molecule has 0 saturated heterocycles. The summed E-state index contributed by atoms with van der Waals surface area (Å²) in [5.74, 6) is 0.638.